The number of amides is 1. The van der Waals surface area contributed by atoms with Gasteiger partial charge in [0.05, 0.1) is 18.2 Å². The molecule has 2 aromatic rings. The molecular weight excluding hydrogens is 362 g/mol. The monoisotopic (exact) mass is 387 g/mol. The first kappa shape index (κ1) is 20.6. The zero-order chi connectivity index (χ0) is 20.2. The fraction of sp³-hybridized carbons (Fsp3) is 0.300. The van der Waals surface area contributed by atoms with Gasteiger partial charge in [0, 0.05) is 0 Å². The van der Waals surface area contributed by atoms with E-state index in [1.54, 1.807) is 30.5 Å². The standard InChI is InChI=1S/C20H25N3O3S/c1-14-6-10-19(11-7-14)23(27(5,25)26)13-20(24)22-21-12-18-9-8-15(2)16(3)17(18)4/h6-12H,13H2,1-5H3,(H,22,24)/b21-12+. The smallest absolute Gasteiger partial charge is 0.260 e. The zero-order valence-corrected chi connectivity index (χ0v) is 17.1. The highest BCUT2D eigenvalue weighted by atomic mass is 32.2. The number of nitrogens with one attached hydrogen (secondary N) is 1. The molecule has 0 heterocycles. The highest BCUT2D eigenvalue weighted by Gasteiger charge is 2.20. The molecule has 0 saturated carbocycles. The second-order valence-corrected chi connectivity index (χ2v) is 8.53. The third-order valence-corrected chi connectivity index (χ3v) is 5.64. The number of rotatable bonds is 6. The van der Waals surface area contributed by atoms with Crippen molar-refractivity contribution in [2.75, 3.05) is 17.1 Å². The molecule has 27 heavy (non-hydrogen) atoms. The molecule has 0 fully saturated rings. The van der Waals surface area contributed by atoms with Crippen molar-refractivity contribution < 1.29 is 13.2 Å². The summed E-state index contributed by atoms with van der Waals surface area (Å²) in [5.74, 6) is -0.515. The van der Waals surface area contributed by atoms with Gasteiger partial charge in [0.1, 0.15) is 6.54 Å². The average molecular weight is 388 g/mol. The van der Waals surface area contributed by atoms with E-state index >= 15 is 0 Å². The third-order valence-electron chi connectivity index (χ3n) is 4.50. The maximum Gasteiger partial charge on any atom is 0.260 e. The van der Waals surface area contributed by atoms with Crippen molar-refractivity contribution in [3.8, 4) is 0 Å². The van der Waals surface area contributed by atoms with Crippen LogP contribution >= 0.6 is 0 Å². The van der Waals surface area contributed by atoms with Crippen LogP contribution in [0, 0.1) is 27.7 Å². The molecule has 0 unspecified atom stereocenters. The first-order valence-corrected chi connectivity index (χ1v) is 10.4. The topological polar surface area (TPSA) is 78.8 Å². The molecule has 144 valence electrons. The summed E-state index contributed by atoms with van der Waals surface area (Å²) < 4.78 is 25.2. The van der Waals surface area contributed by atoms with Gasteiger partial charge >= 0.3 is 0 Å². The molecule has 6 nitrogen and oxygen atoms in total. The lowest BCUT2D eigenvalue weighted by molar-refractivity contribution is -0.119. The number of benzene rings is 2. The maximum absolute atomic E-state index is 12.2. The Morgan fingerprint density at radius 2 is 1.67 bits per heavy atom. The summed E-state index contributed by atoms with van der Waals surface area (Å²) in [7, 11) is -3.60. The lowest BCUT2D eigenvalue weighted by Crippen LogP contribution is -2.39. The minimum atomic E-state index is -3.60. The Morgan fingerprint density at radius 3 is 2.26 bits per heavy atom. The minimum absolute atomic E-state index is 0.342. The average Bonchev–Trinajstić information content (AvgIpc) is 2.60. The molecule has 0 bridgehead atoms. The molecule has 0 aliphatic heterocycles. The van der Waals surface area contributed by atoms with E-state index in [-0.39, 0.29) is 6.54 Å². The van der Waals surface area contributed by atoms with Crippen LogP contribution in [0.3, 0.4) is 0 Å². The van der Waals surface area contributed by atoms with Gasteiger partial charge in [-0.2, -0.15) is 5.10 Å². The van der Waals surface area contributed by atoms with Crippen LogP contribution in [-0.4, -0.2) is 33.3 Å². The van der Waals surface area contributed by atoms with Crippen molar-refractivity contribution >= 4 is 27.8 Å². The molecule has 0 radical (unpaired) electrons. The number of carbonyl (C=O) groups excluding carboxylic acids is 1. The molecule has 7 heteroatoms. The number of nitrogens with zero attached hydrogens (tertiary/aromatic N) is 2. The van der Waals surface area contributed by atoms with Gasteiger partial charge in [0.15, 0.2) is 0 Å². The van der Waals surface area contributed by atoms with Crippen molar-refractivity contribution in [3.05, 3.63) is 64.2 Å². The van der Waals surface area contributed by atoms with E-state index in [4.69, 9.17) is 0 Å². The summed E-state index contributed by atoms with van der Waals surface area (Å²) in [6.07, 6.45) is 2.64. The normalized spacial score (nSPS) is 11.6. The van der Waals surface area contributed by atoms with E-state index < -0.39 is 15.9 Å². The molecule has 2 aromatic carbocycles. The molecule has 0 spiro atoms. The number of hydrogen-bond donors (Lipinski definition) is 1. The van der Waals surface area contributed by atoms with Crippen molar-refractivity contribution in [2.24, 2.45) is 5.10 Å². The Balaban J connectivity index is 2.10. The lowest BCUT2D eigenvalue weighted by Gasteiger charge is -2.21. The summed E-state index contributed by atoms with van der Waals surface area (Å²) in [6.45, 7) is 7.63. The first-order chi connectivity index (χ1) is 12.6. The summed E-state index contributed by atoms with van der Waals surface area (Å²) >= 11 is 0. The second-order valence-electron chi connectivity index (χ2n) is 6.62. The highest BCUT2D eigenvalue weighted by molar-refractivity contribution is 7.92. The van der Waals surface area contributed by atoms with Gasteiger partial charge in [0.25, 0.3) is 5.91 Å². The molecule has 0 aliphatic rings. The zero-order valence-electron chi connectivity index (χ0n) is 16.3. The van der Waals surface area contributed by atoms with Crippen molar-refractivity contribution in [2.45, 2.75) is 27.7 Å². The van der Waals surface area contributed by atoms with Crippen molar-refractivity contribution in [1.29, 1.82) is 0 Å². The van der Waals surface area contributed by atoms with Gasteiger partial charge in [-0.15, -0.1) is 0 Å². The van der Waals surface area contributed by atoms with Crippen LogP contribution in [0.5, 0.6) is 0 Å². The van der Waals surface area contributed by atoms with Crippen molar-refractivity contribution in [1.82, 2.24) is 5.43 Å². The number of aryl methyl sites for hydroxylation is 2. The molecular formula is C20H25N3O3S. The van der Waals surface area contributed by atoms with E-state index in [1.807, 2.05) is 39.8 Å². The fourth-order valence-electron chi connectivity index (χ4n) is 2.57. The molecule has 1 N–H and O–H groups in total. The van der Waals surface area contributed by atoms with Crippen LogP contribution in [0.4, 0.5) is 5.69 Å². The fourth-order valence-corrected chi connectivity index (χ4v) is 3.42. The molecule has 0 aliphatic carbocycles. The summed E-state index contributed by atoms with van der Waals surface area (Å²) in [4.78, 5) is 12.2. The maximum atomic E-state index is 12.2. The Labute approximate surface area is 161 Å². The third kappa shape index (κ3) is 5.40. The summed E-state index contributed by atoms with van der Waals surface area (Å²) in [5, 5.41) is 3.97. The second kappa shape index (κ2) is 8.35. The van der Waals surface area contributed by atoms with E-state index in [0.717, 1.165) is 27.3 Å². The van der Waals surface area contributed by atoms with Gasteiger partial charge in [-0.3, -0.25) is 9.10 Å². The Bertz CT molecular complexity index is 965. The van der Waals surface area contributed by atoms with Crippen LogP contribution in [0.1, 0.15) is 27.8 Å². The quantitative estimate of drug-likeness (QED) is 0.611. The van der Waals surface area contributed by atoms with Crippen LogP contribution in [-0.2, 0) is 14.8 Å². The van der Waals surface area contributed by atoms with Gasteiger partial charge < -0.3 is 0 Å². The molecule has 0 aromatic heterocycles. The van der Waals surface area contributed by atoms with Crippen LogP contribution in [0.2, 0.25) is 0 Å². The Hall–Kier alpha value is -2.67. The number of sulfonamides is 1. The Kier molecular flexibility index (Phi) is 6.38. The lowest BCUT2D eigenvalue weighted by atomic mass is 10.00. The van der Waals surface area contributed by atoms with E-state index in [9.17, 15) is 13.2 Å². The molecule has 0 atom stereocenters. The Morgan fingerprint density at radius 1 is 1.04 bits per heavy atom. The van der Waals surface area contributed by atoms with E-state index in [1.165, 1.54) is 11.1 Å². The van der Waals surface area contributed by atoms with E-state index in [0.29, 0.717) is 5.69 Å². The highest BCUT2D eigenvalue weighted by Crippen LogP contribution is 2.18. The van der Waals surface area contributed by atoms with Gasteiger partial charge in [0.2, 0.25) is 10.0 Å². The van der Waals surface area contributed by atoms with E-state index in [2.05, 4.69) is 10.5 Å². The summed E-state index contributed by atoms with van der Waals surface area (Å²) in [6, 6.07) is 10.9. The predicted octanol–water partition coefficient (Wildman–Crippen LogP) is 2.84. The molecule has 2 rings (SSSR count). The number of hydrazone groups is 1. The largest absolute Gasteiger partial charge is 0.271 e. The van der Waals surface area contributed by atoms with Crippen LogP contribution in [0.25, 0.3) is 0 Å². The minimum Gasteiger partial charge on any atom is -0.271 e. The SMILES string of the molecule is Cc1ccc(N(CC(=O)N/N=C/c2ccc(C)c(C)c2C)S(C)(=O)=O)cc1. The van der Waals surface area contributed by atoms with Gasteiger partial charge in [-0.25, -0.2) is 13.8 Å². The molecule has 0 saturated heterocycles. The summed E-state index contributed by atoms with van der Waals surface area (Å²) in [5.41, 5.74) is 8.20. The number of hydrogen-bond acceptors (Lipinski definition) is 4. The number of carbonyl (C=O) groups is 1. The molecule has 1 amide bonds. The van der Waals surface area contributed by atoms with Gasteiger partial charge in [-0.05, 0) is 62.1 Å². The van der Waals surface area contributed by atoms with Crippen molar-refractivity contribution in [3.63, 3.8) is 0 Å². The first-order valence-electron chi connectivity index (χ1n) is 8.52. The van der Waals surface area contributed by atoms with Crippen LogP contribution < -0.4 is 9.73 Å². The van der Waals surface area contributed by atoms with Gasteiger partial charge in [-0.1, -0.05) is 29.8 Å². The predicted molar refractivity (Wildman–Crippen MR) is 110 cm³/mol. The van der Waals surface area contributed by atoms with Crippen LogP contribution in [0.15, 0.2) is 41.5 Å². The number of anilines is 1.